The highest BCUT2D eigenvalue weighted by Crippen LogP contribution is 2.34. The fraction of sp³-hybridized carbons (Fsp3) is 0.444. The van der Waals surface area contributed by atoms with Gasteiger partial charge in [0.05, 0.1) is 10.0 Å². The molecular weight excluding hydrogens is 273 g/mol. The van der Waals surface area contributed by atoms with Gasteiger partial charge in [0.2, 0.25) is 0 Å². The molecule has 0 aliphatic heterocycles. The first-order valence-corrected chi connectivity index (χ1v) is 5.25. The lowest BCUT2D eigenvalue weighted by atomic mass is 10.3. The summed E-state index contributed by atoms with van der Waals surface area (Å²) < 4.78 is 37.2. The Morgan fingerprint density at radius 3 is 2.53 bits per heavy atom. The van der Waals surface area contributed by atoms with E-state index in [4.69, 9.17) is 0 Å². The Balaban J connectivity index is 2.21. The van der Waals surface area contributed by atoms with Crippen LogP contribution in [0, 0.1) is 0 Å². The van der Waals surface area contributed by atoms with E-state index in [-0.39, 0.29) is 0 Å². The van der Waals surface area contributed by atoms with E-state index in [0.717, 1.165) is 25.1 Å². The molecule has 0 unspecified atom stereocenters. The van der Waals surface area contributed by atoms with Gasteiger partial charge >= 0.3 is 6.18 Å². The van der Waals surface area contributed by atoms with Crippen molar-refractivity contribution in [2.24, 2.45) is 0 Å². The Kier molecular flexibility index (Phi) is 2.62. The number of nitrogens with zero attached hydrogens (tertiary/aromatic N) is 1. The molecule has 0 amide bonds. The zero-order chi connectivity index (χ0) is 11.1. The van der Waals surface area contributed by atoms with Crippen molar-refractivity contribution in [3.8, 4) is 0 Å². The van der Waals surface area contributed by atoms with Crippen LogP contribution in [0.1, 0.15) is 18.4 Å². The number of aromatic nitrogens is 1. The Hall–Kier alpha value is -0.780. The van der Waals surface area contributed by atoms with Gasteiger partial charge in [-0.25, -0.2) is 4.98 Å². The van der Waals surface area contributed by atoms with Crippen molar-refractivity contribution in [1.29, 1.82) is 0 Å². The second-order valence-electron chi connectivity index (χ2n) is 3.47. The molecule has 2 rings (SSSR count). The van der Waals surface area contributed by atoms with E-state index >= 15 is 0 Å². The fourth-order valence-corrected chi connectivity index (χ4v) is 1.58. The van der Waals surface area contributed by atoms with Crippen LogP contribution in [0.15, 0.2) is 16.7 Å². The molecule has 1 aromatic rings. The van der Waals surface area contributed by atoms with Gasteiger partial charge in [-0.05, 0) is 34.8 Å². The van der Waals surface area contributed by atoms with Gasteiger partial charge in [-0.15, -0.1) is 0 Å². The lowest BCUT2D eigenvalue weighted by Gasteiger charge is -2.10. The van der Waals surface area contributed by atoms with Crippen molar-refractivity contribution in [1.82, 2.24) is 4.98 Å². The van der Waals surface area contributed by atoms with E-state index in [9.17, 15) is 13.2 Å². The normalized spacial score (nSPS) is 16.5. The van der Waals surface area contributed by atoms with Gasteiger partial charge in [-0.1, -0.05) is 0 Å². The van der Waals surface area contributed by atoms with Crippen molar-refractivity contribution in [3.05, 3.63) is 22.3 Å². The van der Waals surface area contributed by atoms with Crippen molar-refractivity contribution in [3.63, 3.8) is 0 Å². The standard InChI is InChI=1S/C9H8BrF3N2/c10-7-3-5(9(11,12)13)4-14-8(7)15-6-1-2-6/h3-4,6H,1-2H2,(H,14,15). The summed E-state index contributed by atoms with van der Waals surface area (Å²) in [5.41, 5.74) is -0.740. The number of pyridine rings is 1. The van der Waals surface area contributed by atoms with Crippen LogP contribution in [0.4, 0.5) is 19.0 Å². The molecule has 1 N–H and O–H groups in total. The molecule has 0 saturated heterocycles. The molecule has 0 atom stereocenters. The number of alkyl halides is 3. The van der Waals surface area contributed by atoms with Gasteiger partial charge in [-0.3, -0.25) is 0 Å². The molecule has 15 heavy (non-hydrogen) atoms. The Labute approximate surface area is 93.0 Å². The van der Waals surface area contributed by atoms with Crippen LogP contribution in [-0.2, 0) is 6.18 Å². The van der Waals surface area contributed by atoms with E-state index < -0.39 is 11.7 Å². The smallest absolute Gasteiger partial charge is 0.366 e. The third-order valence-corrected chi connectivity index (χ3v) is 2.69. The number of halogens is 4. The fourth-order valence-electron chi connectivity index (χ4n) is 1.12. The van der Waals surface area contributed by atoms with E-state index in [1.807, 2.05) is 0 Å². The number of anilines is 1. The van der Waals surface area contributed by atoms with Crippen LogP contribution < -0.4 is 5.32 Å². The summed E-state index contributed by atoms with van der Waals surface area (Å²) in [5.74, 6) is 0.477. The third kappa shape index (κ3) is 2.62. The molecule has 0 aromatic carbocycles. The number of hydrogen-bond donors (Lipinski definition) is 1. The highest BCUT2D eigenvalue weighted by molar-refractivity contribution is 9.10. The van der Waals surface area contributed by atoms with Crippen LogP contribution in [0.2, 0.25) is 0 Å². The van der Waals surface area contributed by atoms with Gasteiger partial charge in [-0.2, -0.15) is 13.2 Å². The molecule has 2 nitrogen and oxygen atoms in total. The Morgan fingerprint density at radius 1 is 1.40 bits per heavy atom. The molecule has 0 bridgehead atoms. The van der Waals surface area contributed by atoms with Crippen LogP contribution in [0.25, 0.3) is 0 Å². The third-order valence-electron chi connectivity index (χ3n) is 2.09. The molecule has 0 spiro atoms. The van der Waals surface area contributed by atoms with Gasteiger partial charge in [0, 0.05) is 12.2 Å². The molecule has 1 aliphatic carbocycles. The molecule has 1 fully saturated rings. The molecule has 1 aliphatic rings. The van der Waals surface area contributed by atoms with E-state index in [2.05, 4.69) is 26.2 Å². The molecule has 1 aromatic heterocycles. The van der Waals surface area contributed by atoms with Crippen molar-refractivity contribution >= 4 is 21.7 Å². The predicted octanol–water partition coefficient (Wildman–Crippen LogP) is 3.44. The summed E-state index contributed by atoms with van der Waals surface area (Å²) in [5, 5.41) is 3.04. The van der Waals surface area contributed by atoms with Gasteiger partial charge < -0.3 is 5.32 Å². The van der Waals surface area contributed by atoms with Crippen LogP contribution in [-0.4, -0.2) is 11.0 Å². The largest absolute Gasteiger partial charge is 0.417 e. The van der Waals surface area contributed by atoms with Crippen LogP contribution in [0.5, 0.6) is 0 Å². The van der Waals surface area contributed by atoms with Gasteiger partial charge in [0.15, 0.2) is 0 Å². The maximum absolute atomic E-state index is 12.3. The SMILES string of the molecule is FC(F)(F)c1cnc(NC2CC2)c(Br)c1. The number of rotatable bonds is 2. The van der Waals surface area contributed by atoms with Crippen LogP contribution in [0.3, 0.4) is 0 Å². The first kappa shape index (κ1) is 10.7. The monoisotopic (exact) mass is 280 g/mol. The zero-order valence-corrected chi connectivity index (χ0v) is 9.19. The summed E-state index contributed by atoms with van der Waals surface area (Å²) in [6.45, 7) is 0. The van der Waals surface area contributed by atoms with Crippen LogP contribution >= 0.6 is 15.9 Å². The van der Waals surface area contributed by atoms with E-state index in [1.54, 1.807) is 0 Å². The quantitative estimate of drug-likeness (QED) is 0.898. The van der Waals surface area contributed by atoms with Gasteiger partial charge in [0.1, 0.15) is 5.82 Å². The molecule has 1 heterocycles. The van der Waals surface area contributed by atoms with Crippen molar-refractivity contribution in [2.75, 3.05) is 5.32 Å². The summed E-state index contributed by atoms with van der Waals surface area (Å²) in [7, 11) is 0. The first-order valence-electron chi connectivity index (χ1n) is 4.46. The Morgan fingerprint density at radius 2 is 2.07 bits per heavy atom. The van der Waals surface area contributed by atoms with E-state index in [0.29, 0.717) is 16.3 Å². The van der Waals surface area contributed by atoms with Gasteiger partial charge in [0.25, 0.3) is 0 Å². The van der Waals surface area contributed by atoms with Crippen molar-refractivity contribution < 1.29 is 13.2 Å². The molecule has 82 valence electrons. The lowest BCUT2D eigenvalue weighted by molar-refractivity contribution is -0.137. The predicted molar refractivity (Wildman–Crippen MR) is 53.6 cm³/mol. The molecule has 0 radical (unpaired) electrons. The highest BCUT2D eigenvalue weighted by Gasteiger charge is 2.32. The summed E-state index contributed by atoms with van der Waals surface area (Å²) in [6, 6.07) is 1.41. The van der Waals surface area contributed by atoms with Crippen molar-refractivity contribution in [2.45, 2.75) is 25.1 Å². The Bertz CT molecular complexity index is 374. The summed E-state index contributed by atoms with van der Waals surface area (Å²) >= 11 is 3.07. The minimum Gasteiger partial charge on any atom is -0.366 e. The second-order valence-corrected chi connectivity index (χ2v) is 4.33. The zero-order valence-electron chi connectivity index (χ0n) is 7.61. The molecule has 1 saturated carbocycles. The maximum atomic E-state index is 12.3. The average molecular weight is 281 g/mol. The molecule has 6 heteroatoms. The number of nitrogens with one attached hydrogen (secondary N) is 1. The minimum atomic E-state index is -4.34. The van der Waals surface area contributed by atoms with E-state index in [1.165, 1.54) is 0 Å². The second kappa shape index (κ2) is 3.66. The first-order chi connectivity index (χ1) is 6.97. The summed E-state index contributed by atoms with van der Waals surface area (Å²) in [4.78, 5) is 3.75. The number of hydrogen-bond acceptors (Lipinski definition) is 2. The molecular formula is C9H8BrF3N2. The summed E-state index contributed by atoms with van der Waals surface area (Å²) in [6.07, 6.45) is -1.40. The average Bonchev–Trinajstić information content (AvgIpc) is 2.90. The maximum Gasteiger partial charge on any atom is 0.417 e. The lowest BCUT2D eigenvalue weighted by Crippen LogP contribution is -2.08. The minimum absolute atomic E-state index is 0.351. The topological polar surface area (TPSA) is 24.9 Å². The highest BCUT2D eigenvalue weighted by atomic mass is 79.9.